The number of fused-ring (bicyclic) bond motifs is 6. The second kappa shape index (κ2) is 13.0. The van der Waals surface area contributed by atoms with Crippen molar-refractivity contribution in [2.45, 2.75) is 46.1 Å². The van der Waals surface area contributed by atoms with E-state index in [-0.39, 0.29) is 16.4 Å². The number of benzene rings is 5. The van der Waals surface area contributed by atoms with Crippen LogP contribution in [0.2, 0.25) is 0 Å². The predicted molar refractivity (Wildman–Crippen MR) is 237 cm³/mol. The lowest BCUT2D eigenvalue weighted by Crippen LogP contribution is -2.43. The van der Waals surface area contributed by atoms with E-state index in [1.165, 1.54) is 72.6 Å². The zero-order valence-corrected chi connectivity index (χ0v) is 32.8. The first kappa shape index (κ1) is 34.4. The third-order valence-electron chi connectivity index (χ3n) is 13.5. The van der Waals surface area contributed by atoms with Crippen molar-refractivity contribution < 1.29 is 0 Å². The monoisotopic (exact) mass is 724 g/mol. The molecule has 2 heteroatoms. The third kappa shape index (κ3) is 5.30. The zero-order chi connectivity index (χ0) is 38.1. The Hall–Kier alpha value is -6.12. The van der Waals surface area contributed by atoms with Crippen LogP contribution in [0.4, 0.5) is 11.4 Å². The molecule has 0 saturated heterocycles. The maximum atomic E-state index is 2.62. The molecule has 10 rings (SSSR count). The van der Waals surface area contributed by atoms with Crippen LogP contribution in [0.1, 0.15) is 50.9 Å². The smallest absolute Gasteiger partial charge is 0.0645 e. The Labute approximate surface area is 331 Å². The molecule has 0 aliphatic heterocycles. The number of allylic oxidation sites excluding steroid dienone is 9. The van der Waals surface area contributed by atoms with Crippen molar-refractivity contribution in [1.29, 1.82) is 0 Å². The molecular formula is C54H48N2. The lowest BCUT2D eigenvalue weighted by atomic mass is 9.63. The van der Waals surface area contributed by atoms with E-state index in [2.05, 4.69) is 225 Å². The lowest BCUT2D eigenvalue weighted by Gasteiger charge is -2.45. The number of rotatable bonds is 6. The molecule has 3 unspecified atom stereocenters. The van der Waals surface area contributed by atoms with Gasteiger partial charge in [-0.05, 0) is 113 Å². The van der Waals surface area contributed by atoms with E-state index >= 15 is 0 Å². The molecule has 0 N–H and O–H groups in total. The van der Waals surface area contributed by atoms with Gasteiger partial charge >= 0.3 is 0 Å². The fourth-order valence-electron chi connectivity index (χ4n) is 10.1. The molecule has 0 amide bonds. The minimum Gasteiger partial charge on any atom is -0.332 e. The molecule has 4 aliphatic rings. The average Bonchev–Trinajstić information content (AvgIpc) is 3.50. The summed E-state index contributed by atoms with van der Waals surface area (Å²) in [7, 11) is 0. The molecule has 0 spiro atoms. The van der Waals surface area contributed by atoms with Crippen LogP contribution in [0.15, 0.2) is 193 Å². The number of hydrogen-bond donors (Lipinski definition) is 0. The quantitative estimate of drug-likeness (QED) is 0.166. The van der Waals surface area contributed by atoms with Crippen molar-refractivity contribution in [3.8, 4) is 16.8 Å². The molecule has 1 saturated carbocycles. The van der Waals surface area contributed by atoms with Gasteiger partial charge in [0.15, 0.2) is 0 Å². The number of aromatic nitrogens is 1. The lowest BCUT2D eigenvalue weighted by molar-refractivity contribution is 0.193. The molecule has 6 aromatic rings. The summed E-state index contributed by atoms with van der Waals surface area (Å²) in [4.78, 5) is 2.58. The predicted octanol–water partition coefficient (Wildman–Crippen LogP) is 13.9. The molecule has 0 radical (unpaired) electrons. The Morgan fingerprint density at radius 2 is 1.27 bits per heavy atom. The molecule has 4 aliphatic carbocycles. The van der Waals surface area contributed by atoms with Gasteiger partial charge in [-0.15, -0.1) is 0 Å². The molecule has 56 heavy (non-hydrogen) atoms. The first-order chi connectivity index (χ1) is 27.2. The maximum Gasteiger partial charge on any atom is 0.0645 e. The van der Waals surface area contributed by atoms with Gasteiger partial charge in [0, 0.05) is 33.8 Å². The van der Waals surface area contributed by atoms with E-state index in [9.17, 15) is 0 Å². The minimum atomic E-state index is -0.274. The topological polar surface area (TPSA) is 8.17 Å². The molecular weight excluding hydrogens is 677 g/mol. The molecule has 1 fully saturated rings. The standard InChI is InChI=1S/C54H48N2/c1-52(2)49-37-53(3,36-34-47(49)48-20-13-14-35-54(48,52)4)56(43-28-22-39(23-29-43)38-15-7-5-8-16-38)44-30-24-40(25-31-44)41-26-32-46-45-19-11-12-21-50(45)55(51(46)33-27-41)42-17-9-6-10-18-42/h5-31,33-35,37,48H,32,36H2,1-4H3. The Kier molecular flexibility index (Phi) is 7.97. The first-order valence-electron chi connectivity index (χ1n) is 20.2. The SMILES string of the molecule is CC1(N(c2ccc(C3=CCc4c(n(-c5ccccc5)c5ccccc45)C=C3)cc2)c2ccc(-c3ccccc3)cc2)C=C2C(=CC1)C1C=CC=CC1(C)C2(C)C. The van der Waals surface area contributed by atoms with Gasteiger partial charge in [-0.2, -0.15) is 0 Å². The Balaban J connectivity index is 1.03. The molecule has 3 atom stereocenters. The summed E-state index contributed by atoms with van der Waals surface area (Å²) in [6, 6.07) is 48.7. The van der Waals surface area contributed by atoms with Crippen LogP contribution < -0.4 is 4.90 Å². The second-order valence-corrected chi connectivity index (χ2v) is 17.0. The van der Waals surface area contributed by atoms with E-state index in [1.54, 1.807) is 0 Å². The van der Waals surface area contributed by atoms with Gasteiger partial charge < -0.3 is 9.47 Å². The van der Waals surface area contributed by atoms with Crippen molar-refractivity contribution in [2.75, 3.05) is 4.90 Å². The average molecular weight is 725 g/mol. The number of hydrogen-bond acceptors (Lipinski definition) is 1. The van der Waals surface area contributed by atoms with Crippen molar-refractivity contribution in [3.63, 3.8) is 0 Å². The highest BCUT2D eigenvalue weighted by Gasteiger charge is 2.57. The van der Waals surface area contributed by atoms with E-state index in [0.717, 1.165) is 12.8 Å². The van der Waals surface area contributed by atoms with Gasteiger partial charge in [0.1, 0.15) is 0 Å². The van der Waals surface area contributed by atoms with Gasteiger partial charge in [-0.25, -0.2) is 0 Å². The van der Waals surface area contributed by atoms with E-state index in [4.69, 9.17) is 0 Å². The van der Waals surface area contributed by atoms with Gasteiger partial charge in [0.2, 0.25) is 0 Å². The molecule has 2 nitrogen and oxygen atoms in total. The number of anilines is 2. The summed E-state index contributed by atoms with van der Waals surface area (Å²) in [5, 5.41) is 1.32. The van der Waals surface area contributed by atoms with Crippen molar-refractivity contribution >= 4 is 33.9 Å². The summed E-state index contributed by atoms with van der Waals surface area (Å²) < 4.78 is 2.41. The Morgan fingerprint density at radius 1 is 0.625 bits per heavy atom. The molecule has 1 aromatic heterocycles. The van der Waals surface area contributed by atoms with Crippen LogP contribution in [0.5, 0.6) is 0 Å². The summed E-state index contributed by atoms with van der Waals surface area (Å²) in [6.07, 6.45) is 23.4. The maximum absolute atomic E-state index is 2.62. The van der Waals surface area contributed by atoms with Gasteiger partial charge in [-0.3, -0.25) is 0 Å². The highest BCUT2D eigenvalue weighted by molar-refractivity contribution is 5.93. The van der Waals surface area contributed by atoms with Crippen molar-refractivity contribution in [1.82, 2.24) is 4.57 Å². The van der Waals surface area contributed by atoms with Crippen molar-refractivity contribution in [3.05, 3.63) is 210 Å². The Bertz CT molecular complexity index is 2660. The van der Waals surface area contributed by atoms with Crippen LogP contribution in [-0.2, 0) is 6.42 Å². The van der Waals surface area contributed by atoms with Crippen LogP contribution in [0.25, 0.3) is 39.4 Å². The summed E-state index contributed by atoms with van der Waals surface area (Å²) in [5.74, 6) is 0.404. The van der Waals surface area contributed by atoms with E-state index in [1.807, 2.05) is 0 Å². The highest BCUT2D eigenvalue weighted by Crippen LogP contribution is 2.65. The fourth-order valence-corrected chi connectivity index (χ4v) is 10.1. The highest BCUT2D eigenvalue weighted by atomic mass is 15.2. The number of nitrogens with zero attached hydrogens (tertiary/aromatic N) is 2. The minimum absolute atomic E-state index is 0.0115. The van der Waals surface area contributed by atoms with Crippen LogP contribution >= 0.6 is 0 Å². The molecule has 5 aromatic carbocycles. The summed E-state index contributed by atoms with van der Waals surface area (Å²) in [6.45, 7) is 9.78. The molecule has 274 valence electrons. The van der Waals surface area contributed by atoms with E-state index in [0.29, 0.717) is 5.92 Å². The molecule has 1 heterocycles. The second-order valence-electron chi connectivity index (χ2n) is 17.0. The number of para-hydroxylation sites is 2. The van der Waals surface area contributed by atoms with Crippen molar-refractivity contribution in [2.24, 2.45) is 16.7 Å². The first-order valence-corrected chi connectivity index (χ1v) is 20.2. The van der Waals surface area contributed by atoms with E-state index < -0.39 is 0 Å². The fraction of sp³-hybridized carbons (Fsp3) is 0.185. The van der Waals surface area contributed by atoms with Gasteiger partial charge in [0.25, 0.3) is 0 Å². The van der Waals surface area contributed by atoms with Crippen LogP contribution in [0, 0.1) is 16.7 Å². The van der Waals surface area contributed by atoms with Crippen LogP contribution in [0.3, 0.4) is 0 Å². The zero-order valence-electron chi connectivity index (χ0n) is 32.8. The van der Waals surface area contributed by atoms with Gasteiger partial charge in [0.05, 0.1) is 16.7 Å². The largest absolute Gasteiger partial charge is 0.332 e. The summed E-state index contributed by atoms with van der Waals surface area (Å²) in [5.41, 5.74) is 15.1. The van der Waals surface area contributed by atoms with Gasteiger partial charge in [-0.1, -0.05) is 160 Å². The normalized spacial score (nSPS) is 23.1. The molecule has 0 bridgehead atoms. The third-order valence-corrected chi connectivity index (χ3v) is 13.5. The van der Waals surface area contributed by atoms with Crippen LogP contribution in [-0.4, -0.2) is 10.1 Å². The summed E-state index contributed by atoms with van der Waals surface area (Å²) >= 11 is 0. The Morgan fingerprint density at radius 3 is 2.00 bits per heavy atom.